The standard InChI is InChI=1S/C12H20N2O/c1-14(2)12(15)8-13-7-11-6-9-3-4-10(11)5-9/h3-4,9-11,13H,5-8H2,1-2H3. The monoisotopic (exact) mass is 208 g/mol. The number of carbonyl (C=O) groups is 1. The number of nitrogens with one attached hydrogen (secondary N) is 1. The molecule has 2 bridgehead atoms. The van der Waals surface area contributed by atoms with Crippen LogP contribution in [0.3, 0.4) is 0 Å². The first-order chi connectivity index (χ1) is 7.16. The highest BCUT2D eigenvalue weighted by Crippen LogP contribution is 2.42. The van der Waals surface area contributed by atoms with Crippen LogP contribution in [-0.4, -0.2) is 38.0 Å². The number of amides is 1. The van der Waals surface area contributed by atoms with Crippen molar-refractivity contribution in [3.8, 4) is 0 Å². The Kier molecular flexibility index (Phi) is 3.10. The van der Waals surface area contributed by atoms with Gasteiger partial charge in [0.05, 0.1) is 6.54 Å². The maximum absolute atomic E-state index is 11.3. The zero-order valence-corrected chi connectivity index (χ0v) is 9.57. The fourth-order valence-corrected chi connectivity index (χ4v) is 2.65. The predicted octanol–water partition coefficient (Wildman–Crippen LogP) is 0.876. The van der Waals surface area contributed by atoms with Crippen molar-refractivity contribution < 1.29 is 4.79 Å². The molecular weight excluding hydrogens is 188 g/mol. The van der Waals surface area contributed by atoms with Gasteiger partial charge in [0, 0.05) is 14.1 Å². The Morgan fingerprint density at radius 1 is 1.40 bits per heavy atom. The van der Waals surface area contributed by atoms with Crippen LogP contribution in [0.4, 0.5) is 0 Å². The van der Waals surface area contributed by atoms with E-state index in [0.29, 0.717) is 6.54 Å². The second-order valence-electron chi connectivity index (χ2n) is 4.96. The van der Waals surface area contributed by atoms with Gasteiger partial charge in [-0.05, 0) is 37.1 Å². The molecule has 0 aromatic heterocycles. The lowest BCUT2D eigenvalue weighted by Crippen LogP contribution is -2.36. The first-order valence-corrected chi connectivity index (χ1v) is 5.76. The van der Waals surface area contributed by atoms with Gasteiger partial charge in [-0.2, -0.15) is 0 Å². The third-order valence-corrected chi connectivity index (χ3v) is 3.60. The molecule has 2 aliphatic rings. The molecule has 3 atom stereocenters. The minimum Gasteiger partial charge on any atom is -0.348 e. The molecule has 0 radical (unpaired) electrons. The van der Waals surface area contributed by atoms with E-state index in [1.807, 2.05) is 0 Å². The van der Waals surface area contributed by atoms with Crippen molar-refractivity contribution >= 4 is 5.91 Å². The van der Waals surface area contributed by atoms with E-state index in [0.717, 1.165) is 24.3 Å². The van der Waals surface area contributed by atoms with Gasteiger partial charge in [-0.25, -0.2) is 0 Å². The Balaban J connectivity index is 1.67. The Morgan fingerprint density at radius 3 is 2.73 bits per heavy atom. The second kappa shape index (κ2) is 4.35. The highest BCUT2D eigenvalue weighted by atomic mass is 16.2. The first-order valence-electron chi connectivity index (χ1n) is 5.76. The normalized spacial score (nSPS) is 32.3. The summed E-state index contributed by atoms with van der Waals surface area (Å²) in [5, 5.41) is 3.27. The van der Waals surface area contributed by atoms with Crippen LogP contribution >= 0.6 is 0 Å². The molecule has 0 spiro atoms. The predicted molar refractivity (Wildman–Crippen MR) is 60.4 cm³/mol. The summed E-state index contributed by atoms with van der Waals surface area (Å²) in [6, 6.07) is 0. The number of likely N-dealkylation sites (N-methyl/N-ethyl adjacent to an activating group) is 1. The number of hydrogen-bond donors (Lipinski definition) is 1. The largest absolute Gasteiger partial charge is 0.348 e. The summed E-state index contributed by atoms with van der Waals surface area (Å²) in [4.78, 5) is 13.0. The van der Waals surface area contributed by atoms with Crippen LogP contribution in [0.1, 0.15) is 12.8 Å². The number of hydrogen-bond acceptors (Lipinski definition) is 2. The van der Waals surface area contributed by atoms with E-state index in [2.05, 4.69) is 17.5 Å². The highest BCUT2D eigenvalue weighted by Gasteiger charge is 2.34. The molecule has 3 unspecified atom stereocenters. The van der Waals surface area contributed by atoms with Crippen LogP contribution in [-0.2, 0) is 4.79 Å². The smallest absolute Gasteiger partial charge is 0.236 e. The fourth-order valence-electron chi connectivity index (χ4n) is 2.65. The van der Waals surface area contributed by atoms with E-state index in [9.17, 15) is 4.79 Å². The maximum Gasteiger partial charge on any atom is 0.236 e. The third-order valence-electron chi connectivity index (χ3n) is 3.60. The summed E-state index contributed by atoms with van der Waals surface area (Å²) in [7, 11) is 3.59. The second-order valence-corrected chi connectivity index (χ2v) is 4.96. The van der Waals surface area contributed by atoms with Crippen molar-refractivity contribution in [3.63, 3.8) is 0 Å². The van der Waals surface area contributed by atoms with Gasteiger partial charge < -0.3 is 10.2 Å². The first kappa shape index (κ1) is 10.7. The number of rotatable bonds is 4. The molecule has 1 N–H and O–H groups in total. The average Bonchev–Trinajstić information content (AvgIpc) is 2.78. The lowest BCUT2D eigenvalue weighted by atomic mass is 9.94. The molecule has 0 aliphatic heterocycles. The number of carbonyl (C=O) groups excluding carboxylic acids is 1. The molecule has 2 aliphatic carbocycles. The Morgan fingerprint density at radius 2 is 2.20 bits per heavy atom. The Labute approximate surface area is 91.5 Å². The molecule has 0 saturated heterocycles. The van der Waals surface area contributed by atoms with E-state index in [1.54, 1.807) is 19.0 Å². The summed E-state index contributed by atoms with van der Waals surface area (Å²) in [6.45, 7) is 1.47. The lowest BCUT2D eigenvalue weighted by Gasteiger charge is -2.19. The van der Waals surface area contributed by atoms with Crippen molar-refractivity contribution in [2.45, 2.75) is 12.8 Å². The van der Waals surface area contributed by atoms with E-state index < -0.39 is 0 Å². The minimum atomic E-state index is 0.161. The number of nitrogens with zero attached hydrogens (tertiary/aromatic N) is 1. The molecule has 1 amide bonds. The summed E-state index contributed by atoms with van der Waals surface area (Å²) >= 11 is 0. The quantitative estimate of drug-likeness (QED) is 0.695. The van der Waals surface area contributed by atoms with Crippen LogP contribution in [0.25, 0.3) is 0 Å². The average molecular weight is 208 g/mol. The number of allylic oxidation sites excluding steroid dienone is 2. The molecule has 1 saturated carbocycles. The maximum atomic E-state index is 11.3. The minimum absolute atomic E-state index is 0.161. The van der Waals surface area contributed by atoms with E-state index in [1.165, 1.54) is 12.8 Å². The molecular formula is C12H20N2O. The molecule has 0 aromatic carbocycles. The summed E-state index contributed by atoms with van der Waals surface area (Å²) in [5.74, 6) is 2.52. The SMILES string of the molecule is CN(C)C(=O)CNCC1CC2C=CC1C2. The van der Waals surface area contributed by atoms with Crippen LogP contribution < -0.4 is 5.32 Å². The Bertz CT molecular complexity index is 273. The third kappa shape index (κ3) is 2.40. The molecule has 1 fully saturated rings. The zero-order chi connectivity index (χ0) is 10.8. The van der Waals surface area contributed by atoms with E-state index in [-0.39, 0.29) is 5.91 Å². The van der Waals surface area contributed by atoms with Crippen molar-refractivity contribution in [2.75, 3.05) is 27.2 Å². The lowest BCUT2D eigenvalue weighted by molar-refractivity contribution is -0.127. The highest BCUT2D eigenvalue weighted by molar-refractivity contribution is 5.77. The molecule has 0 aromatic rings. The van der Waals surface area contributed by atoms with Crippen molar-refractivity contribution in [1.82, 2.24) is 10.2 Å². The van der Waals surface area contributed by atoms with Gasteiger partial charge in [0.2, 0.25) is 5.91 Å². The van der Waals surface area contributed by atoms with E-state index >= 15 is 0 Å². The van der Waals surface area contributed by atoms with Crippen molar-refractivity contribution in [2.24, 2.45) is 17.8 Å². The van der Waals surface area contributed by atoms with Crippen LogP contribution in [0.15, 0.2) is 12.2 Å². The summed E-state index contributed by atoms with van der Waals surface area (Å²) in [6.07, 6.45) is 7.36. The van der Waals surface area contributed by atoms with Gasteiger partial charge in [0.1, 0.15) is 0 Å². The van der Waals surface area contributed by atoms with Gasteiger partial charge >= 0.3 is 0 Å². The van der Waals surface area contributed by atoms with Gasteiger partial charge in [-0.3, -0.25) is 4.79 Å². The van der Waals surface area contributed by atoms with Crippen molar-refractivity contribution in [3.05, 3.63) is 12.2 Å². The van der Waals surface area contributed by atoms with Crippen LogP contribution in [0, 0.1) is 17.8 Å². The topological polar surface area (TPSA) is 32.3 Å². The van der Waals surface area contributed by atoms with Gasteiger partial charge in [-0.1, -0.05) is 12.2 Å². The zero-order valence-electron chi connectivity index (χ0n) is 9.57. The van der Waals surface area contributed by atoms with E-state index in [4.69, 9.17) is 0 Å². The molecule has 3 heteroatoms. The fraction of sp³-hybridized carbons (Fsp3) is 0.750. The van der Waals surface area contributed by atoms with Crippen LogP contribution in [0.5, 0.6) is 0 Å². The van der Waals surface area contributed by atoms with Crippen LogP contribution in [0.2, 0.25) is 0 Å². The molecule has 15 heavy (non-hydrogen) atoms. The molecule has 84 valence electrons. The summed E-state index contributed by atoms with van der Waals surface area (Å²) in [5.41, 5.74) is 0. The van der Waals surface area contributed by atoms with Gasteiger partial charge in [0.15, 0.2) is 0 Å². The summed E-state index contributed by atoms with van der Waals surface area (Å²) < 4.78 is 0. The van der Waals surface area contributed by atoms with Gasteiger partial charge in [-0.15, -0.1) is 0 Å². The molecule has 0 heterocycles. The molecule has 2 rings (SSSR count). The Hall–Kier alpha value is -0.830. The number of fused-ring (bicyclic) bond motifs is 2. The molecule has 3 nitrogen and oxygen atoms in total. The van der Waals surface area contributed by atoms with Crippen molar-refractivity contribution in [1.29, 1.82) is 0 Å². The van der Waals surface area contributed by atoms with Gasteiger partial charge in [0.25, 0.3) is 0 Å².